The highest BCUT2D eigenvalue weighted by Gasteiger charge is 2.19. The maximum Gasteiger partial charge on any atom is 0.251 e. The van der Waals surface area contributed by atoms with Crippen molar-refractivity contribution in [2.24, 2.45) is 7.05 Å². The van der Waals surface area contributed by atoms with Gasteiger partial charge in [0.25, 0.3) is 5.91 Å². The number of rotatable bonds is 7. The molecule has 1 aromatic heterocycles. The van der Waals surface area contributed by atoms with Crippen molar-refractivity contribution in [1.82, 2.24) is 20.1 Å². The van der Waals surface area contributed by atoms with Crippen molar-refractivity contribution in [3.05, 3.63) is 69.5 Å². The van der Waals surface area contributed by atoms with Gasteiger partial charge in [-0.1, -0.05) is 41.0 Å². The van der Waals surface area contributed by atoms with E-state index in [1.165, 1.54) is 11.8 Å². The van der Waals surface area contributed by atoms with E-state index in [4.69, 9.17) is 23.2 Å². The molecular weight excluding hydrogens is 457 g/mol. The van der Waals surface area contributed by atoms with Gasteiger partial charge >= 0.3 is 0 Å². The largest absolute Gasteiger partial charge is 0.342 e. The number of amides is 2. The maximum absolute atomic E-state index is 12.4. The third kappa shape index (κ3) is 6.00. The Morgan fingerprint density at radius 1 is 1.13 bits per heavy atom. The highest BCUT2D eigenvalue weighted by atomic mass is 35.5. The molecule has 31 heavy (non-hydrogen) atoms. The van der Waals surface area contributed by atoms with Crippen molar-refractivity contribution < 1.29 is 9.59 Å². The van der Waals surface area contributed by atoms with Gasteiger partial charge in [-0.3, -0.25) is 9.59 Å². The molecule has 3 rings (SSSR count). The van der Waals surface area contributed by atoms with E-state index in [2.05, 4.69) is 20.8 Å². The predicted octanol–water partition coefficient (Wildman–Crippen LogP) is 4.65. The number of carbonyl (C=O) groups excluding carboxylic acids is 2. The van der Waals surface area contributed by atoms with Gasteiger partial charge in [0.15, 0.2) is 11.0 Å². The summed E-state index contributed by atoms with van der Waals surface area (Å²) in [5, 5.41) is 15.7. The van der Waals surface area contributed by atoms with Gasteiger partial charge in [-0.15, -0.1) is 10.2 Å². The lowest BCUT2D eigenvalue weighted by Gasteiger charge is -2.13. The van der Waals surface area contributed by atoms with E-state index in [9.17, 15) is 9.59 Å². The molecule has 0 unspecified atom stereocenters. The summed E-state index contributed by atoms with van der Waals surface area (Å²) in [7, 11) is 1.79. The smallest absolute Gasteiger partial charge is 0.251 e. The Bertz CT molecular complexity index is 1100. The maximum atomic E-state index is 12.4. The number of aryl methyl sites for hydroxylation is 1. The third-order valence-corrected chi connectivity index (χ3v) is 6.18. The molecule has 0 aliphatic carbocycles. The quantitative estimate of drug-likeness (QED) is 0.483. The molecule has 10 heteroatoms. The second-order valence-electron chi connectivity index (χ2n) is 6.90. The molecule has 0 bridgehead atoms. The van der Waals surface area contributed by atoms with Crippen molar-refractivity contribution in [2.45, 2.75) is 25.0 Å². The number of carbonyl (C=O) groups is 2. The lowest BCUT2D eigenvalue weighted by Crippen LogP contribution is -2.28. The summed E-state index contributed by atoms with van der Waals surface area (Å²) in [5.41, 5.74) is 2.08. The van der Waals surface area contributed by atoms with Crippen molar-refractivity contribution in [1.29, 1.82) is 0 Å². The van der Waals surface area contributed by atoms with Crippen molar-refractivity contribution in [2.75, 3.05) is 11.1 Å². The zero-order valence-corrected chi connectivity index (χ0v) is 19.5. The molecule has 162 valence electrons. The Labute approximate surface area is 194 Å². The van der Waals surface area contributed by atoms with E-state index in [0.717, 1.165) is 5.56 Å². The fraction of sp³-hybridized carbons (Fsp3) is 0.238. The lowest BCUT2D eigenvalue weighted by atomic mass is 10.2. The summed E-state index contributed by atoms with van der Waals surface area (Å²) < 4.78 is 1.76. The van der Waals surface area contributed by atoms with Gasteiger partial charge < -0.3 is 15.2 Å². The van der Waals surface area contributed by atoms with E-state index < -0.39 is 0 Å². The standard InChI is InChI=1S/C21H21Cl2N5O2S/c1-12-4-9-16(10-17(12)23)25-18(29)11-31-21-27-26-19(28(21)3)13(2)24-20(30)14-5-7-15(22)8-6-14/h4-10,13H,11H2,1-3H3,(H,24,30)(H,25,29)/t13-/m1/s1. The highest BCUT2D eigenvalue weighted by molar-refractivity contribution is 7.99. The first-order valence-corrected chi connectivity index (χ1v) is 11.1. The molecule has 0 spiro atoms. The molecule has 0 fully saturated rings. The third-order valence-electron chi connectivity index (χ3n) is 4.50. The molecule has 1 heterocycles. The Kier molecular flexibility index (Phi) is 7.59. The van der Waals surface area contributed by atoms with E-state index >= 15 is 0 Å². The van der Waals surface area contributed by atoms with Gasteiger partial charge in [0.1, 0.15) is 0 Å². The van der Waals surface area contributed by atoms with Crippen LogP contribution in [-0.4, -0.2) is 32.3 Å². The minimum absolute atomic E-state index is 0.156. The van der Waals surface area contributed by atoms with Gasteiger partial charge in [0, 0.05) is 28.3 Å². The van der Waals surface area contributed by atoms with E-state index in [0.29, 0.717) is 32.3 Å². The fourth-order valence-corrected chi connectivity index (χ4v) is 3.80. The van der Waals surface area contributed by atoms with Gasteiger partial charge in [-0.2, -0.15) is 0 Å². The van der Waals surface area contributed by atoms with Crippen molar-refractivity contribution in [3.8, 4) is 0 Å². The Hall–Kier alpha value is -2.55. The molecule has 2 aromatic carbocycles. The highest BCUT2D eigenvalue weighted by Crippen LogP contribution is 2.22. The summed E-state index contributed by atoms with van der Waals surface area (Å²) >= 11 is 13.2. The van der Waals surface area contributed by atoms with Crippen molar-refractivity contribution in [3.63, 3.8) is 0 Å². The minimum atomic E-state index is -0.376. The number of hydrogen-bond donors (Lipinski definition) is 2. The first kappa shape index (κ1) is 23.1. The number of aromatic nitrogens is 3. The van der Waals surface area contributed by atoms with Crippen LogP contribution in [0.5, 0.6) is 0 Å². The molecule has 2 N–H and O–H groups in total. The molecule has 0 saturated heterocycles. The van der Waals surface area contributed by atoms with Gasteiger partial charge in [0.05, 0.1) is 11.8 Å². The second-order valence-corrected chi connectivity index (χ2v) is 8.69. The van der Waals surface area contributed by atoms with Crippen LogP contribution in [0.4, 0.5) is 5.69 Å². The average Bonchev–Trinajstić information content (AvgIpc) is 3.10. The summed E-state index contributed by atoms with van der Waals surface area (Å²) in [6.45, 7) is 3.72. The topological polar surface area (TPSA) is 88.9 Å². The normalized spacial score (nSPS) is 11.8. The lowest BCUT2D eigenvalue weighted by molar-refractivity contribution is -0.113. The van der Waals surface area contributed by atoms with Crippen LogP contribution in [0, 0.1) is 6.92 Å². The van der Waals surface area contributed by atoms with Crippen LogP contribution in [0.3, 0.4) is 0 Å². The number of benzene rings is 2. The Morgan fingerprint density at radius 2 is 1.84 bits per heavy atom. The number of nitrogens with zero attached hydrogens (tertiary/aromatic N) is 3. The Balaban J connectivity index is 1.57. The monoisotopic (exact) mass is 477 g/mol. The van der Waals surface area contributed by atoms with Crippen LogP contribution in [-0.2, 0) is 11.8 Å². The van der Waals surface area contributed by atoms with Crippen LogP contribution in [0.25, 0.3) is 0 Å². The Morgan fingerprint density at radius 3 is 2.52 bits per heavy atom. The number of nitrogens with one attached hydrogen (secondary N) is 2. The zero-order chi connectivity index (χ0) is 22.5. The molecule has 2 amide bonds. The fourth-order valence-electron chi connectivity index (χ4n) is 2.77. The second kappa shape index (κ2) is 10.2. The number of hydrogen-bond acceptors (Lipinski definition) is 5. The number of anilines is 1. The number of thioether (sulfide) groups is 1. The van der Waals surface area contributed by atoms with Gasteiger partial charge in [0.2, 0.25) is 5.91 Å². The molecule has 7 nitrogen and oxygen atoms in total. The van der Waals surface area contributed by atoms with Crippen LogP contribution < -0.4 is 10.6 Å². The molecule has 0 aliphatic heterocycles. The van der Waals surface area contributed by atoms with E-state index in [1.807, 2.05) is 19.9 Å². The van der Waals surface area contributed by atoms with Gasteiger partial charge in [-0.25, -0.2) is 0 Å². The molecule has 0 saturated carbocycles. The molecule has 1 atom stereocenters. The molecule has 3 aromatic rings. The summed E-state index contributed by atoms with van der Waals surface area (Å²) in [6, 6.07) is 11.6. The van der Waals surface area contributed by atoms with Crippen LogP contribution in [0.15, 0.2) is 47.6 Å². The van der Waals surface area contributed by atoms with Crippen LogP contribution in [0.1, 0.15) is 34.7 Å². The average molecular weight is 478 g/mol. The molecular formula is C21H21Cl2N5O2S. The number of halogens is 2. The van der Waals surface area contributed by atoms with E-state index in [-0.39, 0.29) is 23.6 Å². The molecule has 0 aliphatic rings. The zero-order valence-electron chi connectivity index (χ0n) is 17.1. The summed E-state index contributed by atoms with van der Waals surface area (Å²) in [4.78, 5) is 24.7. The summed E-state index contributed by atoms with van der Waals surface area (Å²) in [6.07, 6.45) is 0. The predicted molar refractivity (Wildman–Crippen MR) is 124 cm³/mol. The molecule has 0 radical (unpaired) electrons. The van der Waals surface area contributed by atoms with Crippen LogP contribution >= 0.6 is 35.0 Å². The SMILES string of the molecule is Cc1ccc(NC(=O)CSc2nnc([C@@H](C)NC(=O)c3ccc(Cl)cc3)n2C)cc1Cl. The van der Waals surface area contributed by atoms with Crippen LogP contribution in [0.2, 0.25) is 10.0 Å². The first-order valence-electron chi connectivity index (χ1n) is 9.39. The van der Waals surface area contributed by atoms with Crippen molar-refractivity contribution >= 4 is 52.5 Å². The van der Waals surface area contributed by atoms with Gasteiger partial charge in [-0.05, 0) is 55.8 Å². The minimum Gasteiger partial charge on any atom is -0.342 e. The van der Waals surface area contributed by atoms with E-state index in [1.54, 1.807) is 48.0 Å². The summed E-state index contributed by atoms with van der Waals surface area (Å²) in [5.74, 6) is 0.315. The first-order chi connectivity index (χ1) is 14.7.